The van der Waals surface area contributed by atoms with Crippen molar-refractivity contribution in [1.82, 2.24) is 30.2 Å². The van der Waals surface area contributed by atoms with Gasteiger partial charge in [-0.3, -0.25) is 9.59 Å². The number of nitrogens with zero attached hydrogens (tertiary/aromatic N) is 6. The second-order valence-corrected chi connectivity index (χ2v) is 17.1. The highest BCUT2D eigenvalue weighted by Crippen LogP contribution is 2.32. The number of ether oxygens (including phenoxy) is 2. The summed E-state index contributed by atoms with van der Waals surface area (Å²) >= 11 is 5.98. The number of hydrogen-bond donors (Lipinski definition) is 4. The average Bonchev–Trinajstić information content (AvgIpc) is 4.09. The number of anilines is 2. The number of aliphatic hydroxyl groups is 1. The molecule has 4 N–H and O–H groups in total. The molecule has 0 saturated carbocycles. The van der Waals surface area contributed by atoms with Gasteiger partial charge in [-0.1, -0.05) is 72.8 Å². The van der Waals surface area contributed by atoms with Crippen LogP contribution in [0.2, 0.25) is 0 Å². The van der Waals surface area contributed by atoms with Gasteiger partial charge in [0.05, 0.1) is 74.6 Å². The number of methoxy groups -OCH3 is 1. The molecule has 68 heavy (non-hydrogen) atoms. The summed E-state index contributed by atoms with van der Waals surface area (Å²) in [4.78, 5) is 53.7. The fourth-order valence-electron chi connectivity index (χ4n) is 8.54. The molecular weight excluding hydrogens is 888 g/mol. The number of rotatable bonds is 17. The lowest BCUT2D eigenvalue weighted by Crippen LogP contribution is -2.29. The summed E-state index contributed by atoms with van der Waals surface area (Å²) < 4.78 is 14.0. The quantitative estimate of drug-likeness (QED) is 0.0411. The Morgan fingerprint density at radius 2 is 1.13 bits per heavy atom. The number of aryl methyl sites for hydroxylation is 2. The van der Waals surface area contributed by atoms with Gasteiger partial charge in [0, 0.05) is 32.1 Å². The normalized spacial score (nSPS) is 13.5. The Morgan fingerprint density at radius 1 is 0.676 bits per heavy atom. The first-order chi connectivity index (χ1) is 32.8. The summed E-state index contributed by atoms with van der Waals surface area (Å²) in [6.07, 6.45) is 0. The van der Waals surface area contributed by atoms with Crippen LogP contribution in [0.15, 0.2) is 97.1 Å². The van der Waals surface area contributed by atoms with Gasteiger partial charge in [-0.25, -0.2) is 19.0 Å². The molecule has 6 aromatic rings. The molecule has 2 aliphatic heterocycles. The lowest BCUT2D eigenvalue weighted by atomic mass is 10.1. The number of carboxylic acids is 1. The summed E-state index contributed by atoms with van der Waals surface area (Å²) in [7, 11) is 1.35. The van der Waals surface area contributed by atoms with Crippen molar-refractivity contribution >= 4 is 47.0 Å². The van der Waals surface area contributed by atoms with E-state index in [1.54, 1.807) is 36.4 Å². The van der Waals surface area contributed by atoms with Crippen LogP contribution in [0.3, 0.4) is 0 Å². The molecule has 8 rings (SSSR count). The fraction of sp³-hybridized carbons (Fsp3) is 0.333. The lowest BCUT2D eigenvalue weighted by molar-refractivity contribution is 0.0599. The van der Waals surface area contributed by atoms with Gasteiger partial charge >= 0.3 is 11.9 Å². The number of carbonyl (C=O) groups excluding carboxylic acids is 3. The highest BCUT2D eigenvalue weighted by atomic mass is 35.5. The zero-order valence-corrected chi connectivity index (χ0v) is 39.6. The number of aromatic nitrogens is 4. The van der Waals surface area contributed by atoms with Crippen LogP contribution in [-0.4, -0.2) is 86.9 Å². The molecule has 4 aromatic carbocycles. The van der Waals surface area contributed by atoms with Gasteiger partial charge in [-0.15, -0.1) is 11.6 Å². The summed E-state index contributed by atoms with van der Waals surface area (Å²) in [5.74, 6) is 0.356. The molecule has 0 fully saturated rings. The van der Waals surface area contributed by atoms with Crippen molar-refractivity contribution in [3.05, 3.63) is 164 Å². The van der Waals surface area contributed by atoms with Crippen LogP contribution in [0.4, 0.5) is 11.6 Å². The van der Waals surface area contributed by atoms with Crippen molar-refractivity contribution in [2.24, 2.45) is 0 Å². The number of alkyl halides is 1. The Labute approximate surface area is 400 Å². The standard InChI is InChI=1S/C27H32N4O5.C24H25ClN4O3/c1-18(22-7-9-23(10-8-22)27(34)35-3)28-25(33)24-19(2)29-31-12-11-30(26(24)31)16-20-5-4-6-21(15-20)17-36-14-13-32;1-15(19-6-8-20(9-7-19)24(31)32)26-22(30)21-16(2)27-29-11-10-28(23(21)29)14-18-5-3-4-17(12-18)13-25/h4-10,15,18,32H,11-14,16-17H2,1-3H3,(H,28,33);3-9,12,15H,10-11,13-14H2,1-2H3,(H,26,30)(H,31,32)/t18-;15-/m00/s1. The molecule has 0 aliphatic carbocycles. The van der Waals surface area contributed by atoms with E-state index < -0.39 is 11.9 Å². The molecule has 17 heteroatoms. The number of carboxylic acid groups (broad SMARTS) is 1. The van der Waals surface area contributed by atoms with Crippen molar-refractivity contribution in [2.45, 2.75) is 78.4 Å². The number of aromatic carboxylic acids is 1. The minimum Gasteiger partial charge on any atom is -0.478 e. The highest BCUT2D eigenvalue weighted by Gasteiger charge is 2.32. The molecule has 0 spiro atoms. The SMILES string of the molecule is COC(=O)c1ccc([C@H](C)NC(=O)c2c(C)nn3c2N(Cc2cccc(COCCO)c2)CC3)cc1.Cc1nn2c(c1C(=O)N[C@@H](C)c1ccc(C(=O)O)cc1)N(Cc1cccc(CCl)c1)CC2. The van der Waals surface area contributed by atoms with E-state index in [2.05, 4.69) is 54.9 Å². The van der Waals surface area contributed by atoms with E-state index in [1.165, 1.54) is 7.11 Å². The van der Waals surface area contributed by atoms with Crippen molar-refractivity contribution in [3.63, 3.8) is 0 Å². The van der Waals surface area contributed by atoms with Crippen molar-refractivity contribution in [1.29, 1.82) is 0 Å². The predicted molar refractivity (Wildman–Crippen MR) is 258 cm³/mol. The van der Waals surface area contributed by atoms with Gasteiger partial charge in [-0.05, 0) is 85.3 Å². The van der Waals surface area contributed by atoms with Crippen LogP contribution < -0.4 is 20.4 Å². The summed E-state index contributed by atoms with van der Waals surface area (Å²) in [6.45, 7) is 12.5. The molecule has 4 heterocycles. The van der Waals surface area contributed by atoms with Crippen molar-refractivity contribution in [2.75, 3.05) is 43.2 Å². The zero-order valence-electron chi connectivity index (χ0n) is 38.9. The molecule has 2 atom stereocenters. The monoisotopic (exact) mass is 944 g/mol. The van der Waals surface area contributed by atoms with Gasteiger partial charge < -0.3 is 40.1 Å². The molecule has 2 amide bonds. The molecule has 0 saturated heterocycles. The third kappa shape index (κ3) is 11.4. The molecule has 356 valence electrons. The van der Waals surface area contributed by atoms with Crippen LogP contribution in [-0.2, 0) is 48.1 Å². The topological polar surface area (TPSA) is 193 Å². The third-order valence-corrected chi connectivity index (χ3v) is 12.3. The highest BCUT2D eigenvalue weighted by molar-refractivity contribution is 6.17. The van der Waals surface area contributed by atoms with Gasteiger partial charge in [0.15, 0.2) is 0 Å². The van der Waals surface area contributed by atoms with Crippen LogP contribution in [0, 0.1) is 13.8 Å². The van der Waals surface area contributed by atoms with Crippen molar-refractivity contribution in [3.8, 4) is 0 Å². The average molecular weight is 946 g/mol. The minimum absolute atomic E-state index is 0.000924. The number of hydrogen-bond acceptors (Lipinski definition) is 11. The van der Waals surface area contributed by atoms with E-state index in [1.807, 2.05) is 73.5 Å². The Hall–Kier alpha value is -7.01. The summed E-state index contributed by atoms with van der Waals surface area (Å²) in [6, 6.07) is 29.3. The first kappa shape index (κ1) is 48.9. The zero-order chi connectivity index (χ0) is 48.5. The first-order valence-corrected chi connectivity index (χ1v) is 23.0. The van der Waals surface area contributed by atoms with E-state index in [0.29, 0.717) is 66.8 Å². The molecule has 16 nitrogen and oxygen atoms in total. The van der Waals surface area contributed by atoms with Gasteiger partial charge in [0.2, 0.25) is 0 Å². The minimum atomic E-state index is -0.976. The predicted octanol–water partition coefficient (Wildman–Crippen LogP) is 7.14. The second-order valence-electron chi connectivity index (χ2n) is 16.8. The van der Waals surface area contributed by atoms with Gasteiger partial charge in [0.25, 0.3) is 11.8 Å². The van der Waals surface area contributed by atoms with E-state index in [4.69, 9.17) is 31.3 Å². The molecule has 2 aromatic heterocycles. The second kappa shape index (κ2) is 22.2. The summed E-state index contributed by atoms with van der Waals surface area (Å²) in [5, 5.41) is 33.3. The number of halogens is 1. The van der Waals surface area contributed by atoms with E-state index in [9.17, 15) is 19.2 Å². The fourth-order valence-corrected chi connectivity index (χ4v) is 8.71. The molecule has 0 radical (unpaired) electrons. The van der Waals surface area contributed by atoms with E-state index in [0.717, 1.165) is 64.7 Å². The Bertz CT molecular complexity index is 2750. The Kier molecular flexibility index (Phi) is 16.0. The van der Waals surface area contributed by atoms with Crippen LogP contribution in [0.5, 0.6) is 0 Å². The Morgan fingerprint density at radius 3 is 1.59 bits per heavy atom. The summed E-state index contributed by atoms with van der Waals surface area (Å²) in [5.41, 5.74) is 9.26. The molecule has 2 aliphatic rings. The number of esters is 1. The Balaban J connectivity index is 0.000000203. The maximum atomic E-state index is 13.4. The van der Waals surface area contributed by atoms with Crippen LogP contribution in [0.1, 0.15) is 112 Å². The number of benzene rings is 4. The van der Waals surface area contributed by atoms with E-state index >= 15 is 0 Å². The smallest absolute Gasteiger partial charge is 0.337 e. The number of carbonyl (C=O) groups is 4. The number of aliphatic hydroxyl groups excluding tert-OH is 1. The lowest BCUT2D eigenvalue weighted by Gasteiger charge is -2.21. The largest absolute Gasteiger partial charge is 0.478 e. The van der Waals surface area contributed by atoms with Crippen LogP contribution in [0.25, 0.3) is 0 Å². The van der Waals surface area contributed by atoms with Gasteiger partial charge in [0.1, 0.15) is 22.8 Å². The molecular formula is C51H57ClN8O8. The van der Waals surface area contributed by atoms with Crippen molar-refractivity contribution < 1.29 is 38.9 Å². The number of nitrogens with one attached hydrogen (secondary N) is 2. The molecule has 0 bridgehead atoms. The third-order valence-electron chi connectivity index (χ3n) is 12.0. The molecule has 0 unspecified atom stereocenters. The maximum Gasteiger partial charge on any atom is 0.337 e. The first-order valence-electron chi connectivity index (χ1n) is 22.5. The van der Waals surface area contributed by atoms with E-state index in [-0.39, 0.29) is 36.1 Å². The number of amides is 2. The maximum absolute atomic E-state index is 13.4. The number of fused-ring (bicyclic) bond motifs is 2. The van der Waals surface area contributed by atoms with Crippen LogP contribution >= 0.6 is 11.6 Å². The van der Waals surface area contributed by atoms with Gasteiger partial charge in [-0.2, -0.15) is 10.2 Å².